The zero-order valence-corrected chi connectivity index (χ0v) is 13.5. The standard InChI is InChI=1S/C18H16Cl2O2/c19-9-11-21-17-13-5-1-2-6-14(13)18(22-12-10-20)16-8-4-3-7-15(16)17/h1-8H,9-12H2. The summed E-state index contributed by atoms with van der Waals surface area (Å²) < 4.78 is 11.9. The largest absolute Gasteiger partial charge is 0.491 e. The van der Waals surface area contributed by atoms with Crippen LogP contribution in [-0.4, -0.2) is 25.0 Å². The smallest absolute Gasteiger partial charge is 0.135 e. The van der Waals surface area contributed by atoms with Gasteiger partial charge in [0.2, 0.25) is 0 Å². The number of benzene rings is 3. The summed E-state index contributed by atoms with van der Waals surface area (Å²) in [6, 6.07) is 16.1. The molecule has 2 nitrogen and oxygen atoms in total. The number of halogens is 2. The first-order valence-corrected chi connectivity index (χ1v) is 8.24. The summed E-state index contributed by atoms with van der Waals surface area (Å²) in [5.74, 6) is 2.61. The molecule has 0 atom stereocenters. The highest BCUT2D eigenvalue weighted by Crippen LogP contribution is 2.42. The van der Waals surface area contributed by atoms with Crippen molar-refractivity contribution in [3.05, 3.63) is 48.5 Å². The van der Waals surface area contributed by atoms with Gasteiger partial charge in [-0.25, -0.2) is 0 Å². The van der Waals surface area contributed by atoms with Gasteiger partial charge in [0.1, 0.15) is 24.7 Å². The Bertz CT molecular complexity index is 663. The van der Waals surface area contributed by atoms with Crippen LogP contribution in [-0.2, 0) is 0 Å². The van der Waals surface area contributed by atoms with Crippen LogP contribution >= 0.6 is 23.2 Å². The molecule has 0 aliphatic rings. The lowest BCUT2D eigenvalue weighted by Gasteiger charge is -2.17. The Morgan fingerprint density at radius 3 is 1.18 bits per heavy atom. The summed E-state index contributed by atoms with van der Waals surface area (Å²) in [5, 5.41) is 4.10. The molecule has 0 bridgehead atoms. The summed E-state index contributed by atoms with van der Waals surface area (Å²) in [4.78, 5) is 0. The summed E-state index contributed by atoms with van der Waals surface area (Å²) in [7, 11) is 0. The van der Waals surface area contributed by atoms with E-state index in [1.807, 2.05) is 48.5 Å². The molecule has 0 aromatic heterocycles. The van der Waals surface area contributed by atoms with Gasteiger partial charge in [-0.1, -0.05) is 48.5 Å². The van der Waals surface area contributed by atoms with Gasteiger partial charge in [0.05, 0.1) is 11.8 Å². The molecule has 0 saturated heterocycles. The van der Waals surface area contributed by atoms with E-state index in [1.54, 1.807) is 0 Å². The molecule has 0 fully saturated rings. The lowest BCUT2D eigenvalue weighted by molar-refractivity contribution is 0.345. The first-order chi connectivity index (χ1) is 10.9. The fourth-order valence-electron chi connectivity index (χ4n) is 2.64. The van der Waals surface area contributed by atoms with Gasteiger partial charge in [-0.2, -0.15) is 0 Å². The van der Waals surface area contributed by atoms with Gasteiger partial charge >= 0.3 is 0 Å². The molecule has 114 valence electrons. The third-order valence-corrected chi connectivity index (χ3v) is 3.79. The van der Waals surface area contributed by atoms with Gasteiger partial charge in [0.15, 0.2) is 0 Å². The molecule has 0 spiro atoms. The van der Waals surface area contributed by atoms with Crippen molar-refractivity contribution >= 4 is 44.7 Å². The predicted molar refractivity (Wildman–Crippen MR) is 93.9 cm³/mol. The third-order valence-electron chi connectivity index (χ3n) is 3.48. The first kappa shape index (κ1) is 15.3. The maximum atomic E-state index is 5.93. The van der Waals surface area contributed by atoms with Crippen molar-refractivity contribution in [2.45, 2.75) is 0 Å². The minimum Gasteiger partial charge on any atom is -0.491 e. The zero-order chi connectivity index (χ0) is 15.4. The topological polar surface area (TPSA) is 18.5 Å². The maximum Gasteiger partial charge on any atom is 0.135 e. The van der Waals surface area contributed by atoms with E-state index in [9.17, 15) is 0 Å². The van der Waals surface area contributed by atoms with Crippen LogP contribution in [0, 0.1) is 0 Å². The Morgan fingerprint density at radius 1 is 0.591 bits per heavy atom. The normalized spacial score (nSPS) is 11.0. The minimum atomic E-state index is 0.452. The quantitative estimate of drug-likeness (QED) is 0.454. The number of rotatable bonds is 6. The van der Waals surface area contributed by atoms with Crippen LogP contribution in [0.15, 0.2) is 48.5 Å². The summed E-state index contributed by atoms with van der Waals surface area (Å²) >= 11 is 11.6. The van der Waals surface area contributed by atoms with Crippen LogP contribution in [0.4, 0.5) is 0 Å². The predicted octanol–water partition coefficient (Wildman–Crippen LogP) is 5.23. The SMILES string of the molecule is ClCCOc1c2ccccc2c(OCCCl)c2ccccc12. The molecule has 0 radical (unpaired) electrons. The van der Waals surface area contributed by atoms with E-state index in [-0.39, 0.29) is 0 Å². The number of alkyl halides is 2. The molecular formula is C18H16Cl2O2. The first-order valence-electron chi connectivity index (χ1n) is 7.17. The van der Waals surface area contributed by atoms with Gasteiger partial charge in [0, 0.05) is 21.5 Å². The minimum absolute atomic E-state index is 0.452. The molecule has 3 rings (SSSR count). The van der Waals surface area contributed by atoms with Crippen molar-refractivity contribution in [1.29, 1.82) is 0 Å². The Hall–Kier alpha value is -1.64. The number of hydrogen-bond acceptors (Lipinski definition) is 2. The lowest BCUT2D eigenvalue weighted by atomic mass is 10.0. The summed E-state index contributed by atoms with van der Waals surface area (Å²) in [5.41, 5.74) is 0. The Kier molecular flexibility index (Phi) is 4.91. The van der Waals surface area contributed by atoms with Gasteiger partial charge in [-0.3, -0.25) is 0 Å². The molecule has 0 N–H and O–H groups in total. The van der Waals surface area contributed by atoms with E-state index in [1.165, 1.54) is 0 Å². The van der Waals surface area contributed by atoms with Crippen molar-refractivity contribution in [2.75, 3.05) is 25.0 Å². The number of fused-ring (bicyclic) bond motifs is 2. The van der Waals surface area contributed by atoms with Crippen molar-refractivity contribution in [3.8, 4) is 11.5 Å². The second-order valence-electron chi connectivity index (χ2n) is 4.82. The van der Waals surface area contributed by atoms with E-state index in [0.717, 1.165) is 33.0 Å². The molecule has 0 aliphatic heterocycles. The fraction of sp³-hybridized carbons (Fsp3) is 0.222. The lowest BCUT2D eigenvalue weighted by Crippen LogP contribution is -2.03. The van der Waals surface area contributed by atoms with Gasteiger partial charge < -0.3 is 9.47 Å². The Morgan fingerprint density at radius 2 is 0.909 bits per heavy atom. The van der Waals surface area contributed by atoms with E-state index < -0.39 is 0 Å². The highest BCUT2D eigenvalue weighted by Gasteiger charge is 2.15. The summed E-state index contributed by atoms with van der Waals surface area (Å²) in [6.45, 7) is 0.939. The molecule has 0 amide bonds. The van der Waals surface area contributed by atoms with Crippen molar-refractivity contribution in [3.63, 3.8) is 0 Å². The molecule has 22 heavy (non-hydrogen) atoms. The van der Waals surface area contributed by atoms with Crippen LogP contribution in [0.3, 0.4) is 0 Å². The fourth-order valence-corrected chi connectivity index (χ4v) is 2.79. The molecule has 4 heteroatoms. The number of hydrogen-bond donors (Lipinski definition) is 0. The van der Waals surface area contributed by atoms with Crippen LogP contribution in [0.2, 0.25) is 0 Å². The van der Waals surface area contributed by atoms with E-state index in [2.05, 4.69) is 0 Å². The molecule has 3 aromatic rings. The number of ether oxygens (including phenoxy) is 2. The van der Waals surface area contributed by atoms with Crippen molar-refractivity contribution in [1.82, 2.24) is 0 Å². The van der Waals surface area contributed by atoms with Crippen molar-refractivity contribution in [2.24, 2.45) is 0 Å². The van der Waals surface area contributed by atoms with E-state index in [4.69, 9.17) is 32.7 Å². The van der Waals surface area contributed by atoms with Crippen LogP contribution < -0.4 is 9.47 Å². The van der Waals surface area contributed by atoms with Gasteiger partial charge in [-0.05, 0) is 0 Å². The molecule has 0 unspecified atom stereocenters. The van der Waals surface area contributed by atoms with Crippen LogP contribution in [0.1, 0.15) is 0 Å². The highest BCUT2D eigenvalue weighted by atomic mass is 35.5. The molecule has 0 saturated carbocycles. The monoisotopic (exact) mass is 334 g/mol. The Labute approximate surface area is 139 Å². The average Bonchev–Trinajstić information content (AvgIpc) is 2.58. The molecule has 3 aromatic carbocycles. The molecule has 0 aliphatic carbocycles. The second kappa shape index (κ2) is 7.08. The van der Waals surface area contributed by atoms with Gasteiger partial charge in [0.25, 0.3) is 0 Å². The third kappa shape index (κ3) is 2.81. The van der Waals surface area contributed by atoms with Crippen LogP contribution in [0.25, 0.3) is 21.5 Å². The second-order valence-corrected chi connectivity index (χ2v) is 5.58. The van der Waals surface area contributed by atoms with Gasteiger partial charge in [-0.15, -0.1) is 23.2 Å². The van der Waals surface area contributed by atoms with E-state index >= 15 is 0 Å². The van der Waals surface area contributed by atoms with Crippen LogP contribution in [0.5, 0.6) is 11.5 Å². The van der Waals surface area contributed by atoms with Crippen molar-refractivity contribution < 1.29 is 9.47 Å². The Balaban J connectivity index is 2.32. The molecule has 0 heterocycles. The molecular weight excluding hydrogens is 319 g/mol. The highest BCUT2D eigenvalue weighted by molar-refractivity contribution is 6.18. The average molecular weight is 335 g/mol. The summed E-state index contributed by atoms with van der Waals surface area (Å²) in [6.07, 6.45) is 0. The van der Waals surface area contributed by atoms with E-state index in [0.29, 0.717) is 25.0 Å². The zero-order valence-electron chi connectivity index (χ0n) is 12.0. The maximum absolute atomic E-state index is 5.93.